The summed E-state index contributed by atoms with van der Waals surface area (Å²) in [5.74, 6) is -0.269. The Balaban J connectivity index is 2.83. The van der Waals surface area contributed by atoms with E-state index >= 15 is 0 Å². The Hall–Kier alpha value is -1.84. The number of ether oxygens (including phenoxy) is 1. The molecule has 0 atom stereocenters. The predicted molar refractivity (Wildman–Crippen MR) is 70.2 cm³/mol. The molecule has 0 N–H and O–H groups in total. The summed E-state index contributed by atoms with van der Waals surface area (Å²) < 4.78 is 4.59. The van der Waals surface area contributed by atoms with Crippen LogP contribution in [0.5, 0.6) is 0 Å². The molecule has 1 aromatic carbocycles. The van der Waals surface area contributed by atoms with Gasteiger partial charge in [0.05, 0.1) is 19.2 Å². The molecule has 92 valence electrons. The second-order valence-corrected chi connectivity index (χ2v) is 4.01. The number of hydrogen-bond acceptors (Lipinski definition) is 4. The van der Waals surface area contributed by atoms with Crippen molar-refractivity contribution in [2.75, 3.05) is 26.1 Å². The van der Waals surface area contributed by atoms with Crippen molar-refractivity contribution in [3.05, 3.63) is 24.3 Å². The highest BCUT2D eigenvalue weighted by Crippen LogP contribution is 2.20. The highest BCUT2D eigenvalue weighted by atomic mass is 16.5. The zero-order valence-corrected chi connectivity index (χ0v) is 10.7. The van der Waals surface area contributed by atoms with E-state index in [1.165, 1.54) is 7.11 Å². The van der Waals surface area contributed by atoms with Crippen LogP contribution in [0, 0.1) is 0 Å². The molecule has 4 heteroatoms. The Morgan fingerprint density at radius 3 is 2.71 bits per heavy atom. The van der Waals surface area contributed by atoms with Crippen LogP contribution < -0.4 is 4.90 Å². The van der Waals surface area contributed by atoms with E-state index < -0.39 is 0 Å². The lowest BCUT2D eigenvalue weighted by atomic mass is 10.2. The molecule has 4 nitrogen and oxygen atoms in total. The molecule has 1 rings (SSSR count). The number of esters is 1. The number of methoxy groups -OCH3 is 1. The van der Waals surface area contributed by atoms with Crippen LogP contribution in [-0.2, 0) is 9.53 Å². The van der Waals surface area contributed by atoms with Crippen molar-refractivity contribution < 1.29 is 9.53 Å². The first-order valence-corrected chi connectivity index (χ1v) is 5.41. The summed E-state index contributed by atoms with van der Waals surface area (Å²) in [6, 6.07) is 7.84. The average Bonchev–Trinajstić information content (AvgIpc) is 2.28. The largest absolute Gasteiger partial charge is 0.469 e. The molecule has 0 saturated heterocycles. The third-order valence-electron chi connectivity index (χ3n) is 2.29. The standard InChI is InChI=1S/C13H18N2O2/c1-10(8-13(16)17-4)14-11-6-5-7-12(9-11)15(2)3/h5-7,9H,8H2,1-4H3. The van der Waals surface area contributed by atoms with Gasteiger partial charge in [0.2, 0.25) is 0 Å². The number of carbonyl (C=O) groups excluding carboxylic acids is 1. The van der Waals surface area contributed by atoms with E-state index in [-0.39, 0.29) is 12.4 Å². The first kappa shape index (κ1) is 13.2. The van der Waals surface area contributed by atoms with Crippen LogP contribution in [0.4, 0.5) is 11.4 Å². The number of anilines is 1. The normalized spacial score (nSPS) is 11.2. The Bertz CT molecular complexity index is 425. The minimum atomic E-state index is -0.269. The van der Waals surface area contributed by atoms with Gasteiger partial charge in [0.25, 0.3) is 0 Å². The van der Waals surface area contributed by atoms with Crippen LogP contribution in [0.2, 0.25) is 0 Å². The second-order valence-electron chi connectivity index (χ2n) is 4.01. The second kappa shape index (κ2) is 6.03. The van der Waals surface area contributed by atoms with Gasteiger partial charge in [-0.1, -0.05) is 6.07 Å². The quantitative estimate of drug-likeness (QED) is 0.593. The van der Waals surface area contributed by atoms with Gasteiger partial charge in [0.1, 0.15) is 0 Å². The number of hydrogen-bond donors (Lipinski definition) is 0. The fraction of sp³-hybridized carbons (Fsp3) is 0.385. The van der Waals surface area contributed by atoms with Crippen LogP contribution in [0.25, 0.3) is 0 Å². The minimum absolute atomic E-state index is 0.225. The van der Waals surface area contributed by atoms with E-state index in [2.05, 4.69) is 9.73 Å². The van der Waals surface area contributed by atoms with Crippen molar-refractivity contribution in [1.82, 2.24) is 0 Å². The molecule has 0 saturated carbocycles. The number of benzene rings is 1. The Morgan fingerprint density at radius 2 is 2.12 bits per heavy atom. The third kappa shape index (κ3) is 4.26. The van der Waals surface area contributed by atoms with E-state index in [0.29, 0.717) is 0 Å². The molecular formula is C13H18N2O2. The molecule has 0 bridgehead atoms. The lowest BCUT2D eigenvalue weighted by molar-refractivity contribution is -0.139. The summed E-state index contributed by atoms with van der Waals surface area (Å²) >= 11 is 0. The number of nitrogens with zero attached hydrogens (tertiary/aromatic N) is 2. The zero-order valence-electron chi connectivity index (χ0n) is 10.7. The maximum Gasteiger partial charge on any atom is 0.311 e. The molecule has 17 heavy (non-hydrogen) atoms. The molecule has 1 aromatic rings. The van der Waals surface area contributed by atoms with Gasteiger partial charge < -0.3 is 9.64 Å². The monoisotopic (exact) mass is 234 g/mol. The number of carbonyl (C=O) groups is 1. The van der Waals surface area contributed by atoms with Crippen molar-refractivity contribution in [1.29, 1.82) is 0 Å². The van der Waals surface area contributed by atoms with Gasteiger partial charge in [-0.3, -0.25) is 9.79 Å². The Labute approximate surface area is 102 Å². The number of aliphatic imine (C=N–C) groups is 1. The van der Waals surface area contributed by atoms with Gasteiger partial charge in [-0.15, -0.1) is 0 Å². The summed E-state index contributed by atoms with van der Waals surface area (Å²) in [5.41, 5.74) is 2.67. The highest BCUT2D eigenvalue weighted by molar-refractivity contribution is 5.98. The molecule has 0 spiro atoms. The minimum Gasteiger partial charge on any atom is -0.469 e. The van der Waals surface area contributed by atoms with E-state index in [1.807, 2.05) is 50.2 Å². The van der Waals surface area contributed by atoms with Crippen LogP contribution in [0.3, 0.4) is 0 Å². The maximum atomic E-state index is 11.1. The van der Waals surface area contributed by atoms with E-state index in [4.69, 9.17) is 0 Å². The van der Waals surface area contributed by atoms with Crippen LogP contribution >= 0.6 is 0 Å². The molecule has 0 aliphatic heterocycles. The Morgan fingerprint density at radius 1 is 1.41 bits per heavy atom. The summed E-state index contributed by atoms with van der Waals surface area (Å²) in [4.78, 5) is 17.5. The van der Waals surface area contributed by atoms with E-state index in [1.54, 1.807) is 0 Å². The van der Waals surface area contributed by atoms with Gasteiger partial charge in [-0.05, 0) is 25.1 Å². The van der Waals surface area contributed by atoms with E-state index in [9.17, 15) is 4.79 Å². The molecule has 0 aliphatic rings. The maximum absolute atomic E-state index is 11.1. The van der Waals surface area contributed by atoms with Crippen molar-refractivity contribution in [3.8, 4) is 0 Å². The van der Waals surface area contributed by atoms with Crippen molar-refractivity contribution >= 4 is 23.1 Å². The highest BCUT2D eigenvalue weighted by Gasteiger charge is 2.03. The lowest BCUT2D eigenvalue weighted by Crippen LogP contribution is -2.08. The smallest absolute Gasteiger partial charge is 0.311 e. The van der Waals surface area contributed by atoms with Crippen LogP contribution in [0.15, 0.2) is 29.3 Å². The predicted octanol–water partition coefficient (Wildman–Crippen LogP) is 2.41. The zero-order chi connectivity index (χ0) is 12.8. The summed E-state index contributed by atoms with van der Waals surface area (Å²) in [6.07, 6.45) is 0.225. The van der Waals surface area contributed by atoms with Gasteiger partial charge in [0, 0.05) is 25.5 Å². The topological polar surface area (TPSA) is 41.9 Å². The van der Waals surface area contributed by atoms with Crippen molar-refractivity contribution in [3.63, 3.8) is 0 Å². The molecule has 0 aromatic heterocycles. The van der Waals surface area contributed by atoms with Crippen molar-refractivity contribution in [2.45, 2.75) is 13.3 Å². The number of rotatable bonds is 4. The molecule has 0 heterocycles. The molecule has 0 radical (unpaired) electrons. The van der Waals surface area contributed by atoms with Crippen LogP contribution in [0.1, 0.15) is 13.3 Å². The first-order chi connectivity index (χ1) is 8.02. The summed E-state index contributed by atoms with van der Waals surface area (Å²) in [7, 11) is 5.33. The molecule has 0 aliphatic carbocycles. The molecule has 0 fully saturated rings. The Kier molecular flexibility index (Phi) is 4.69. The summed E-state index contributed by atoms with van der Waals surface area (Å²) in [6.45, 7) is 1.82. The van der Waals surface area contributed by atoms with Crippen LogP contribution in [-0.4, -0.2) is 32.9 Å². The fourth-order valence-corrected chi connectivity index (χ4v) is 1.38. The fourth-order valence-electron chi connectivity index (χ4n) is 1.38. The molecule has 0 amide bonds. The van der Waals surface area contributed by atoms with Crippen molar-refractivity contribution in [2.24, 2.45) is 4.99 Å². The lowest BCUT2D eigenvalue weighted by Gasteiger charge is -2.12. The van der Waals surface area contributed by atoms with E-state index in [0.717, 1.165) is 17.1 Å². The molecule has 0 unspecified atom stereocenters. The molecular weight excluding hydrogens is 216 g/mol. The van der Waals surface area contributed by atoms with Gasteiger partial charge in [-0.25, -0.2) is 0 Å². The third-order valence-corrected chi connectivity index (χ3v) is 2.29. The van der Waals surface area contributed by atoms with Gasteiger partial charge in [0.15, 0.2) is 0 Å². The SMILES string of the molecule is COC(=O)CC(C)=Nc1cccc(N(C)C)c1. The van der Waals surface area contributed by atoms with Gasteiger partial charge in [-0.2, -0.15) is 0 Å². The first-order valence-electron chi connectivity index (χ1n) is 5.41. The summed E-state index contributed by atoms with van der Waals surface area (Å²) in [5, 5.41) is 0. The average molecular weight is 234 g/mol. The van der Waals surface area contributed by atoms with Gasteiger partial charge >= 0.3 is 5.97 Å².